The molecule has 2 aromatic rings. The van der Waals surface area contributed by atoms with Crippen LogP contribution in [0.5, 0.6) is 0 Å². The molecule has 0 atom stereocenters. The highest BCUT2D eigenvalue weighted by molar-refractivity contribution is 9.10. The Morgan fingerprint density at radius 1 is 1.25 bits per heavy atom. The standard InChI is InChI=1S/C13H13BrFN5/c14-8-2-1-3-9(15)12(8)17-10-6-11(20-16)19-13(18-10)7-4-5-7/h1-3,6-7H,4-5,16H2,(H2,17,18,19,20). The molecule has 0 radical (unpaired) electrons. The van der Waals surface area contributed by atoms with Gasteiger partial charge in [-0.1, -0.05) is 6.07 Å². The molecule has 0 bridgehead atoms. The molecule has 0 aliphatic heterocycles. The monoisotopic (exact) mass is 337 g/mol. The van der Waals surface area contributed by atoms with Crippen LogP contribution in [-0.2, 0) is 0 Å². The van der Waals surface area contributed by atoms with Crippen LogP contribution < -0.4 is 16.6 Å². The molecule has 3 rings (SSSR count). The van der Waals surface area contributed by atoms with E-state index in [0.717, 1.165) is 18.7 Å². The quantitative estimate of drug-likeness (QED) is 0.589. The second-order valence-electron chi connectivity index (χ2n) is 4.64. The molecule has 1 aliphatic carbocycles. The molecule has 1 heterocycles. The Bertz CT molecular complexity index is 624. The first-order chi connectivity index (χ1) is 9.67. The fraction of sp³-hybridized carbons (Fsp3) is 0.231. The lowest BCUT2D eigenvalue weighted by molar-refractivity contribution is 0.631. The van der Waals surface area contributed by atoms with Gasteiger partial charge in [-0.25, -0.2) is 20.2 Å². The molecule has 5 nitrogen and oxygen atoms in total. The topological polar surface area (TPSA) is 75.9 Å². The van der Waals surface area contributed by atoms with Crippen LogP contribution in [0, 0.1) is 5.82 Å². The lowest BCUT2D eigenvalue weighted by Crippen LogP contribution is -2.11. The molecule has 1 fully saturated rings. The fourth-order valence-corrected chi connectivity index (χ4v) is 2.31. The van der Waals surface area contributed by atoms with Gasteiger partial charge in [0.15, 0.2) is 0 Å². The molecule has 20 heavy (non-hydrogen) atoms. The maximum absolute atomic E-state index is 13.8. The highest BCUT2D eigenvalue weighted by atomic mass is 79.9. The van der Waals surface area contributed by atoms with Crippen molar-refractivity contribution in [3.63, 3.8) is 0 Å². The summed E-state index contributed by atoms with van der Waals surface area (Å²) in [5, 5.41) is 2.97. The number of para-hydroxylation sites is 1. The van der Waals surface area contributed by atoms with Gasteiger partial charge in [0.2, 0.25) is 0 Å². The lowest BCUT2D eigenvalue weighted by atomic mass is 10.3. The zero-order chi connectivity index (χ0) is 14.1. The molecule has 0 amide bonds. The largest absolute Gasteiger partial charge is 0.337 e. The van der Waals surface area contributed by atoms with Crippen molar-refractivity contribution in [3.8, 4) is 0 Å². The third-order valence-electron chi connectivity index (χ3n) is 3.05. The number of nitrogens with zero attached hydrogens (tertiary/aromatic N) is 2. The van der Waals surface area contributed by atoms with E-state index in [-0.39, 0.29) is 5.82 Å². The second-order valence-corrected chi connectivity index (χ2v) is 5.49. The van der Waals surface area contributed by atoms with E-state index in [0.29, 0.717) is 27.7 Å². The van der Waals surface area contributed by atoms with Gasteiger partial charge < -0.3 is 10.7 Å². The lowest BCUT2D eigenvalue weighted by Gasteiger charge is -2.11. The van der Waals surface area contributed by atoms with Gasteiger partial charge in [-0.2, -0.15) is 0 Å². The molecule has 0 unspecified atom stereocenters. The molecule has 7 heteroatoms. The molecular formula is C13H13BrFN5. The Hall–Kier alpha value is -1.73. The smallest absolute Gasteiger partial charge is 0.147 e. The van der Waals surface area contributed by atoms with Crippen molar-refractivity contribution in [2.45, 2.75) is 18.8 Å². The second kappa shape index (κ2) is 5.34. The van der Waals surface area contributed by atoms with Crippen molar-refractivity contribution in [2.24, 2.45) is 5.84 Å². The first-order valence-corrected chi connectivity index (χ1v) is 7.03. The van der Waals surface area contributed by atoms with Crippen LogP contribution in [0.1, 0.15) is 24.6 Å². The van der Waals surface area contributed by atoms with E-state index >= 15 is 0 Å². The molecule has 1 aromatic heterocycles. The van der Waals surface area contributed by atoms with Crippen molar-refractivity contribution in [3.05, 3.63) is 40.4 Å². The van der Waals surface area contributed by atoms with Crippen LogP contribution in [0.4, 0.5) is 21.7 Å². The predicted octanol–water partition coefficient (Wildman–Crippen LogP) is 3.28. The molecule has 1 aliphatic rings. The number of hydrazine groups is 1. The van der Waals surface area contributed by atoms with E-state index in [4.69, 9.17) is 5.84 Å². The first-order valence-electron chi connectivity index (χ1n) is 6.24. The summed E-state index contributed by atoms with van der Waals surface area (Å²) in [6.07, 6.45) is 2.16. The normalized spacial score (nSPS) is 14.2. The van der Waals surface area contributed by atoms with Gasteiger partial charge in [0.1, 0.15) is 23.3 Å². The fourth-order valence-electron chi connectivity index (χ4n) is 1.87. The third kappa shape index (κ3) is 2.73. The zero-order valence-electron chi connectivity index (χ0n) is 10.5. The van der Waals surface area contributed by atoms with Crippen molar-refractivity contribution < 1.29 is 4.39 Å². The Kier molecular flexibility index (Phi) is 3.54. The van der Waals surface area contributed by atoms with Crippen LogP contribution in [0.15, 0.2) is 28.7 Å². The van der Waals surface area contributed by atoms with Crippen LogP contribution in [0.3, 0.4) is 0 Å². The number of halogens is 2. The summed E-state index contributed by atoms with van der Waals surface area (Å²) in [5.41, 5.74) is 2.85. The van der Waals surface area contributed by atoms with E-state index in [1.807, 2.05) is 0 Å². The molecule has 0 saturated heterocycles. The Morgan fingerprint density at radius 2 is 2.00 bits per heavy atom. The zero-order valence-corrected chi connectivity index (χ0v) is 12.1. The first kappa shape index (κ1) is 13.3. The number of rotatable bonds is 4. The Balaban J connectivity index is 1.95. The van der Waals surface area contributed by atoms with E-state index in [9.17, 15) is 4.39 Å². The summed E-state index contributed by atoms with van der Waals surface area (Å²) in [5.74, 6) is 7.20. The summed E-state index contributed by atoms with van der Waals surface area (Å²) >= 11 is 3.31. The number of nitrogen functional groups attached to an aromatic ring is 1. The van der Waals surface area contributed by atoms with Crippen molar-refractivity contribution >= 4 is 33.3 Å². The van der Waals surface area contributed by atoms with Gasteiger partial charge in [0.05, 0.1) is 5.69 Å². The number of hydrogen-bond acceptors (Lipinski definition) is 5. The van der Waals surface area contributed by atoms with Crippen LogP contribution in [-0.4, -0.2) is 9.97 Å². The summed E-state index contributed by atoms with van der Waals surface area (Å²) in [6.45, 7) is 0. The highest BCUT2D eigenvalue weighted by Crippen LogP contribution is 2.39. The molecule has 4 N–H and O–H groups in total. The van der Waals surface area contributed by atoms with E-state index < -0.39 is 0 Å². The molecule has 104 valence electrons. The van der Waals surface area contributed by atoms with Gasteiger partial charge in [-0.3, -0.25) is 0 Å². The minimum Gasteiger partial charge on any atom is -0.337 e. The van der Waals surface area contributed by atoms with E-state index in [1.165, 1.54) is 6.07 Å². The molecule has 0 spiro atoms. The number of nitrogens with two attached hydrogens (primary N) is 1. The number of anilines is 3. The number of aromatic nitrogens is 2. The van der Waals surface area contributed by atoms with Gasteiger partial charge in [-0.05, 0) is 40.9 Å². The van der Waals surface area contributed by atoms with Gasteiger partial charge >= 0.3 is 0 Å². The summed E-state index contributed by atoms with van der Waals surface area (Å²) in [6, 6.07) is 6.42. The molecular weight excluding hydrogens is 325 g/mol. The predicted molar refractivity (Wildman–Crippen MR) is 79.2 cm³/mol. The molecule has 1 saturated carbocycles. The highest BCUT2D eigenvalue weighted by Gasteiger charge is 2.27. The maximum Gasteiger partial charge on any atom is 0.147 e. The van der Waals surface area contributed by atoms with Crippen molar-refractivity contribution in [1.82, 2.24) is 9.97 Å². The Labute approximate surface area is 123 Å². The molecule has 1 aromatic carbocycles. The van der Waals surface area contributed by atoms with Crippen LogP contribution >= 0.6 is 15.9 Å². The summed E-state index contributed by atoms with van der Waals surface area (Å²) in [7, 11) is 0. The van der Waals surface area contributed by atoms with E-state index in [1.54, 1.807) is 18.2 Å². The SMILES string of the molecule is NNc1cc(Nc2c(F)cccc2Br)nc(C2CC2)n1. The Morgan fingerprint density at radius 3 is 2.65 bits per heavy atom. The van der Waals surface area contributed by atoms with Crippen molar-refractivity contribution in [1.29, 1.82) is 0 Å². The number of nitrogens with one attached hydrogen (secondary N) is 2. The average Bonchev–Trinajstić information content (AvgIpc) is 3.27. The maximum atomic E-state index is 13.8. The van der Waals surface area contributed by atoms with Gasteiger partial charge in [0, 0.05) is 16.5 Å². The number of benzene rings is 1. The minimum atomic E-state index is -0.354. The number of hydrogen-bond donors (Lipinski definition) is 3. The van der Waals surface area contributed by atoms with Gasteiger partial charge in [-0.15, -0.1) is 0 Å². The minimum absolute atomic E-state index is 0.343. The van der Waals surface area contributed by atoms with E-state index in [2.05, 4.69) is 36.6 Å². The van der Waals surface area contributed by atoms with Crippen LogP contribution in [0.25, 0.3) is 0 Å². The van der Waals surface area contributed by atoms with Crippen molar-refractivity contribution in [2.75, 3.05) is 10.7 Å². The average molecular weight is 338 g/mol. The summed E-state index contributed by atoms with van der Waals surface area (Å²) < 4.78 is 14.4. The van der Waals surface area contributed by atoms with Crippen LogP contribution in [0.2, 0.25) is 0 Å². The van der Waals surface area contributed by atoms with Gasteiger partial charge in [0.25, 0.3) is 0 Å². The summed E-state index contributed by atoms with van der Waals surface area (Å²) in [4.78, 5) is 8.72. The third-order valence-corrected chi connectivity index (χ3v) is 3.71.